The molecule has 1 aliphatic rings. The summed E-state index contributed by atoms with van der Waals surface area (Å²) in [7, 11) is 0. The minimum atomic E-state index is -0.434. The van der Waals surface area contributed by atoms with Crippen LogP contribution in [0.15, 0.2) is 48.5 Å². The minimum absolute atomic E-state index is 0.0713. The SMILES string of the molecule is CCN(C(=O)C1CCC(C(=O)Nc2ccccc2F)CC1)c1cccc(C)c1. The van der Waals surface area contributed by atoms with E-state index < -0.39 is 5.82 Å². The smallest absolute Gasteiger partial charge is 0.230 e. The van der Waals surface area contributed by atoms with Crippen LogP contribution < -0.4 is 10.2 Å². The zero-order valence-corrected chi connectivity index (χ0v) is 16.5. The molecular formula is C23H27FN2O2. The Morgan fingerprint density at radius 1 is 1.04 bits per heavy atom. The molecule has 0 saturated heterocycles. The third-order valence-electron chi connectivity index (χ3n) is 5.47. The van der Waals surface area contributed by atoms with Crippen molar-refractivity contribution in [1.82, 2.24) is 0 Å². The summed E-state index contributed by atoms with van der Waals surface area (Å²) in [5, 5.41) is 2.68. The predicted molar refractivity (Wildman–Crippen MR) is 110 cm³/mol. The van der Waals surface area contributed by atoms with E-state index in [0.29, 0.717) is 32.2 Å². The number of nitrogens with one attached hydrogen (secondary N) is 1. The molecule has 2 amide bonds. The molecule has 148 valence electrons. The van der Waals surface area contributed by atoms with Gasteiger partial charge in [0.1, 0.15) is 5.82 Å². The minimum Gasteiger partial charge on any atom is -0.323 e. The van der Waals surface area contributed by atoms with Crippen LogP contribution in [0.4, 0.5) is 15.8 Å². The van der Waals surface area contributed by atoms with Crippen LogP contribution in [-0.4, -0.2) is 18.4 Å². The topological polar surface area (TPSA) is 49.4 Å². The molecule has 4 nitrogen and oxygen atoms in total. The lowest BCUT2D eigenvalue weighted by atomic mass is 9.80. The van der Waals surface area contributed by atoms with Crippen LogP contribution >= 0.6 is 0 Å². The highest BCUT2D eigenvalue weighted by atomic mass is 19.1. The Kier molecular flexibility index (Phi) is 6.45. The van der Waals surface area contributed by atoms with Gasteiger partial charge in [0.25, 0.3) is 0 Å². The number of nitrogens with zero attached hydrogens (tertiary/aromatic N) is 1. The highest BCUT2D eigenvalue weighted by Gasteiger charge is 2.32. The van der Waals surface area contributed by atoms with Gasteiger partial charge >= 0.3 is 0 Å². The molecule has 0 aliphatic heterocycles. The van der Waals surface area contributed by atoms with Crippen molar-refractivity contribution in [2.75, 3.05) is 16.8 Å². The fourth-order valence-corrected chi connectivity index (χ4v) is 3.88. The number of para-hydroxylation sites is 1. The number of halogens is 1. The fourth-order valence-electron chi connectivity index (χ4n) is 3.88. The van der Waals surface area contributed by atoms with Gasteiger partial charge in [-0.15, -0.1) is 0 Å². The summed E-state index contributed by atoms with van der Waals surface area (Å²) in [6.07, 6.45) is 2.64. The maximum atomic E-state index is 13.7. The van der Waals surface area contributed by atoms with Gasteiger partial charge in [-0.25, -0.2) is 4.39 Å². The number of carbonyl (C=O) groups is 2. The number of hydrogen-bond acceptors (Lipinski definition) is 2. The molecule has 1 aliphatic carbocycles. The van der Waals surface area contributed by atoms with Crippen molar-refractivity contribution in [3.8, 4) is 0 Å². The first-order valence-corrected chi connectivity index (χ1v) is 9.93. The van der Waals surface area contributed by atoms with Crippen molar-refractivity contribution < 1.29 is 14.0 Å². The third kappa shape index (κ3) is 4.58. The summed E-state index contributed by atoms with van der Waals surface area (Å²) in [6.45, 7) is 4.62. The number of benzene rings is 2. The van der Waals surface area contributed by atoms with Crippen LogP contribution in [0.1, 0.15) is 38.2 Å². The van der Waals surface area contributed by atoms with Gasteiger partial charge in [-0.1, -0.05) is 24.3 Å². The molecule has 1 fully saturated rings. The Hall–Kier alpha value is -2.69. The van der Waals surface area contributed by atoms with Crippen LogP contribution in [0.5, 0.6) is 0 Å². The quantitative estimate of drug-likeness (QED) is 0.797. The summed E-state index contributed by atoms with van der Waals surface area (Å²) < 4.78 is 13.7. The molecule has 5 heteroatoms. The van der Waals surface area contributed by atoms with Crippen molar-refractivity contribution in [3.63, 3.8) is 0 Å². The number of hydrogen-bond donors (Lipinski definition) is 1. The summed E-state index contributed by atoms with van der Waals surface area (Å²) >= 11 is 0. The van der Waals surface area contributed by atoms with Gasteiger partial charge in [0.05, 0.1) is 5.69 Å². The van der Waals surface area contributed by atoms with Crippen LogP contribution in [0.3, 0.4) is 0 Å². The molecule has 0 atom stereocenters. The first kappa shape index (κ1) is 20.1. The third-order valence-corrected chi connectivity index (χ3v) is 5.47. The van der Waals surface area contributed by atoms with E-state index in [1.165, 1.54) is 6.07 Å². The molecule has 2 aromatic carbocycles. The van der Waals surface area contributed by atoms with Crippen LogP contribution in [0.25, 0.3) is 0 Å². The second-order valence-corrected chi connectivity index (χ2v) is 7.44. The Labute approximate surface area is 165 Å². The lowest BCUT2D eigenvalue weighted by Gasteiger charge is -2.31. The molecule has 0 aromatic heterocycles. The number of aryl methyl sites for hydroxylation is 1. The average molecular weight is 382 g/mol. The Bertz CT molecular complexity index is 844. The molecule has 28 heavy (non-hydrogen) atoms. The van der Waals surface area contributed by atoms with Gasteiger partial charge in [0.15, 0.2) is 0 Å². The zero-order valence-electron chi connectivity index (χ0n) is 16.5. The lowest BCUT2D eigenvalue weighted by molar-refractivity contribution is -0.126. The molecule has 0 bridgehead atoms. The van der Waals surface area contributed by atoms with Gasteiger partial charge in [-0.3, -0.25) is 9.59 Å². The summed E-state index contributed by atoms with van der Waals surface area (Å²) in [6, 6.07) is 14.1. The first-order valence-electron chi connectivity index (χ1n) is 9.93. The average Bonchev–Trinajstić information content (AvgIpc) is 2.70. The van der Waals surface area contributed by atoms with E-state index in [4.69, 9.17) is 0 Å². The molecule has 3 rings (SSSR count). The largest absolute Gasteiger partial charge is 0.323 e. The molecule has 0 unspecified atom stereocenters. The highest BCUT2D eigenvalue weighted by molar-refractivity contribution is 5.96. The molecule has 1 N–H and O–H groups in total. The molecule has 1 saturated carbocycles. The molecule has 0 spiro atoms. The molecule has 0 heterocycles. The second-order valence-electron chi connectivity index (χ2n) is 7.44. The number of anilines is 2. The van der Waals surface area contributed by atoms with E-state index in [1.807, 2.05) is 43.0 Å². The summed E-state index contributed by atoms with van der Waals surface area (Å²) in [5.74, 6) is -0.727. The van der Waals surface area contributed by atoms with Gasteiger partial charge in [0.2, 0.25) is 11.8 Å². The van der Waals surface area contributed by atoms with Crippen molar-refractivity contribution in [2.45, 2.75) is 39.5 Å². The lowest BCUT2D eigenvalue weighted by Crippen LogP contribution is -2.39. The normalized spacial score (nSPS) is 19.1. The van der Waals surface area contributed by atoms with Gasteiger partial charge in [-0.05, 0) is 69.4 Å². The van der Waals surface area contributed by atoms with Crippen LogP contribution in [0, 0.1) is 24.6 Å². The van der Waals surface area contributed by atoms with E-state index in [-0.39, 0.29) is 29.3 Å². The van der Waals surface area contributed by atoms with Gasteiger partial charge < -0.3 is 10.2 Å². The summed E-state index contributed by atoms with van der Waals surface area (Å²) in [4.78, 5) is 27.3. The Balaban J connectivity index is 1.59. The maximum absolute atomic E-state index is 13.7. The number of amides is 2. The van der Waals surface area contributed by atoms with E-state index in [2.05, 4.69) is 5.32 Å². The Morgan fingerprint density at radius 3 is 2.36 bits per heavy atom. The Morgan fingerprint density at radius 2 is 1.71 bits per heavy atom. The zero-order chi connectivity index (χ0) is 20.1. The van der Waals surface area contributed by atoms with Crippen molar-refractivity contribution in [1.29, 1.82) is 0 Å². The van der Waals surface area contributed by atoms with Crippen molar-refractivity contribution in [3.05, 3.63) is 59.9 Å². The van der Waals surface area contributed by atoms with E-state index in [0.717, 1.165) is 11.3 Å². The summed E-state index contributed by atoms with van der Waals surface area (Å²) in [5.41, 5.74) is 2.26. The maximum Gasteiger partial charge on any atom is 0.230 e. The van der Waals surface area contributed by atoms with Gasteiger partial charge in [0, 0.05) is 24.1 Å². The molecule has 2 aromatic rings. The molecule has 0 radical (unpaired) electrons. The fraction of sp³-hybridized carbons (Fsp3) is 0.391. The highest BCUT2D eigenvalue weighted by Crippen LogP contribution is 2.32. The van der Waals surface area contributed by atoms with E-state index >= 15 is 0 Å². The van der Waals surface area contributed by atoms with Crippen LogP contribution in [0.2, 0.25) is 0 Å². The predicted octanol–water partition coefficient (Wildman–Crippen LogP) is 4.93. The van der Waals surface area contributed by atoms with Crippen molar-refractivity contribution in [2.24, 2.45) is 11.8 Å². The number of rotatable bonds is 5. The van der Waals surface area contributed by atoms with Crippen LogP contribution in [-0.2, 0) is 9.59 Å². The van der Waals surface area contributed by atoms with E-state index in [1.54, 1.807) is 18.2 Å². The van der Waals surface area contributed by atoms with Crippen molar-refractivity contribution >= 4 is 23.2 Å². The second kappa shape index (κ2) is 9.00. The monoisotopic (exact) mass is 382 g/mol. The van der Waals surface area contributed by atoms with Gasteiger partial charge in [-0.2, -0.15) is 0 Å². The standard InChI is InChI=1S/C23H27FN2O2/c1-3-26(19-8-6-7-16(2)15-19)23(28)18-13-11-17(12-14-18)22(27)25-21-10-5-4-9-20(21)24/h4-10,15,17-18H,3,11-14H2,1-2H3,(H,25,27). The number of carbonyl (C=O) groups excluding carboxylic acids is 2. The van der Waals surface area contributed by atoms with E-state index in [9.17, 15) is 14.0 Å². The molecular weight excluding hydrogens is 355 g/mol. The first-order chi connectivity index (χ1) is 13.5.